The third-order valence-corrected chi connectivity index (χ3v) is 8.25. The number of methoxy groups -OCH3 is 1. The summed E-state index contributed by atoms with van der Waals surface area (Å²) >= 11 is 3.10. The van der Waals surface area contributed by atoms with Crippen LogP contribution in [-0.4, -0.2) is 36.7 Å². The lowest BCUT2D eigenvalue weighted by atomic mass is 10.1. The SMILES string of the molecule is CCCCN1C(=O)C(=C2Sc3ccc(OC)cc3N2C)SC1=Nc1cccc2ccccc12. The molecule has 0 spiro atoms. The third-order valence-electron chi connectivity index (χ3n) is 5.81. The van der Waals surface area contributed by atoms with Crippen LogP contribution in [0.3, 0.4) is 0 Å². The van der Waals surface area contributed by atoms with E-state index in [2.05, 4.69) is 30.0 Å². The Kier molecular flexibility index (Phi) is 6.08. The number of rotatable bonds is 5. The number of thioether (sulfide) groups is 2. The fourth-order valence-corrected chi connectivity index (χ4v) is 6.34. The Morgan fingerprint density at radius 1 is 1.03 bits per heavy atom. The van der Waals surface area contributed by atoms with E-state index in [0.717, 1.165) is 60.7 Å². The summed E-state index contributed by atoms with van der Waals surface area (Å²) in [5.41, 5.74) is 1.94. The van der Waals surface area contributed by atoms with Crippen molar-refractivity contribution in [3.63, 3.8) is 0 Å². The fourth-order valence-electron chi connectivity index (χ4n) is 3.99. The van der Waals surface area contributed by atoms with E-state index in [0.29, 0.717) is 6.54 Å². The number of nitrogens with zero attached hydrogens (tertiary/aromatic N) is 3. The van der Waals surface area contributed by atoms with E-state index < -0.39 is 0 Å². The largest absolute Gasteiger partial charge is 0.497 e. The second-order valence-electron chi connectivity index (χ2n) is 7.93. The smallest absolute Gasteiger partial charge is 0.269 e. The van der Waals surface area contributed by atoms with Crippen molar-refractivity contribution >= 4 is 56.7 Å². The summed E-state index contributed by atoms with van der Waals surface area (Å²) in [4.78, 5) is 24.4. The van der Waals surface area contributed by atoms with Crippen molar-refractivity contribution in [1.29, 1.82) is 0 Å². The summed E-state index contributed by atoms with van der Waals surface area (Å²) in [5, 5.41) is 3.92. The molecule has 2 aliphatic heterocycles. The predicted molar refractivity (Wildman–Crippen MR) is 140 cm³/mol. The molecule has 2 heterocycles. The van der Waals surface area contributed by atoms with Gasteiger partial charge >= 0.3 is 0 Å². The van der Waals surface area contributed by atoms with Gasteiger partial charge in [0, 0.05) is 29.9 Å². The maximum absolute atomic E-state index is 13.6. The van der Waals surface area contributed by atoms with Crippen LogP contribution in [0, 0.1) is 0 Å². The topological polar surface area (TPSA) is 45.1 Å². The highest BCUT2D eigenvalue weighted by Gasteiger charge is 2.39. The highest BCUT2D eigenvalue weighted by Crippen LogP contribution is 2.51. The number of amides is 1. The highest BCUT2D eigenvalue weighted by atomic mass is 32.2. The van der Waals surface area contributed by atoms with Crippen molar-refractivity contribution in [2.75, 3.05) is 25.6 Å². The van der Waals surface area contributed by atoms with Crippen LogP contribution in [0.25, 0.3) is 10.8 Å². The van der Waals surface area contributed by atoms with Crippen molar-refractivity contribution in [3.05, 3.63) is 70.6 Å². The summed E-state index contributed by atoms with van der Waals surface area (Å²) in [7, 11) is 3.67. The molecular formula is C26H25N3O2S2. The minimum Gasteiger partial charge on any atom is -0.497 e. The van der Waals surface area contributed by atoms with E-state index >= 15 is 0 Å². The van der Waals surface area contributed by atoms with Crippen molar-refractivity contribution in [1.82, 2.24) is 4.90 Å². The first-order valence-electron chi connectivity index (χ1n) is 11.0. The molecule has 1 saturated heterocycles. The highest BCUT2D eigenvalue weighted by molar-refractivity contribution is 8.19. The number of hydrogen-bond acceptors (Lipinski definition) is 6. The zero-order valence-corrected chi connectivity index (χ0v) is 20.5. The van der Waals surface area contributed by atoms with Crippen LogP contribution in [-0.2, 0) is 4.79 Å². The van der Waals surface area contributed by atoms with E-state index in [9.17, 15) is 4.79 Å². The van der Waals surface area contributed by atoms with Crippen LogP contribution in [0.1, 0.15) is 19.8 Å². The van der Waals surface area contributed by atoms with Crippen molar-refractivity contribution in [2.24, 2.45) is 4.99 Å². The quantitative estimate of drug-likeness (QED) is 0.388. The Morgan fingerprint density at radius 3 is 2.67 bits per heavy atom. The van der Waals surface area contributed by atoms with Gasteiger partial charge in [0.1, 0.15) is 10.7 Å². The molecule has 3 aromatic rings. The third kappa shape index (κ3) is 4.00. The average molecular weight is 476 g/mol. The Hall–Kier alpha value is -2.90. The molecule has 0 N–H and O–H groups in total. The fraction of sp³-hybridized carbons (Fsp3) is 0.231. The number of anilines is 1. The number of fused-ring (bicyclic) bond motifs is 2. The van der Waals surface area contributed by atoms with Crippen LogP contribution < -0.4 is 9.64 Å². The zero-order chi connectivity index (χ0) is 22.9. The summed E-state index contributed by atoms with van der Waals surface area (Å²) in [5.74, 6) is 0.835. The monoisotopic (exact) mass is 475 g/mol. The van der Waals surface area contributed by atoms with Gasteiger partial charge in [0.25, 0.3) is 5.91 Å². The van der Waals surface area contributed by atoms with Gasteiger partial charge in [-0.3, -0.25) is 9.69 Å². The molecule has 0 saturated carbocycles. The zero-order valence-electron chi connectivity index (χ0n) is 18.9. The molecular weight excluding hydrogens is 450 g/mol. The lowest BCUT2D eigenvalue weighted by Crippen LogP contribution is -2.30. The van der Waals surface area contributed by atoms with Gasteiger partial charge in [0.05, 0.1) is 23.5 Å². The number of aliphatic imine (C=N–C) groups is 1. The number of carbonyl (C=O) groups is 1. The summed E-state index contributed by atoms with van der Waals surface area (Å²) in [6, 6.07) is 20.4. The van der Waals surface area contributed by atoms with E-state index in [-0.39, 0.29) is 5.91 Å². The van der Waals surface area contributed by atoms with Gasteiger partial charge in [-0.05, 0) is 41.8 Å². The molecule has 1 fully saturated rings. The van der Waals surface area contributed by atoms with E-state index in [4.69, 9.17) is 9.73 Å². The standard InChI is InChI=1S/C26H25N3O2S2/c1-4-5-15-29-24(30)23(25-28(2)21-16-18(31-3)13-14-22(21)32-25)33-26(29)27-20-12-8-10-17-9-6-7-11-19(17)20/h6-14,16H,4-5,15H2,1-3H3. The van der Waals surface area contributed by atoms with Gasteiger partial charge in [0.2, 0.25) is 0 Å². The normalized spacial score (nSPS) is 19.1. The summed E-state index contributed by atoms with van der Waals surface area (Å²) in [6.07, 6.45) is 1.95. The van der Waals surface area contributed by atoms with Crippen molar-refractivity contribution in [2.45, 2.75) is 24.7 Å². The van der Waals surface area contributed by atoms with E-state index in [1.54, 1.807) is 18.9 Å². The Bertz CT molecular complexity index is 1300. The van der Waals surface area contributed by atoms with Gasteiger partial charge < -0.3 is 9.64 Å². The van der Waals surface area contributed by atoms with Crippen molar-refractivity contribution < 1.29 is 9.53 Å². The molecule has 7 heteroatoms. The molecule has 0 aliphatic carbocycles. The van der Waals surface area contributed by atoms with E-state index in [1.165, 1.54) is 11.8 Å². The Morgan fingerprint density at radius 2 is 1.85 bits per heavy atom. The molecule has 0 aromatic heterocycles. The van der Waals surface area contributed by atoms with Crippen LogP contribution in [0.5, 0.6) is 5.75 Å². The Labute approximate surface area is 202 Å². The molecule has 0 atom stereocenters. The maximum Gasteiger partial charge on any atom is 0.269 e. The van der Waals surface area contributed by atoms with Crippen LogP contribution in [0.15, 0.2) is 80.5 Å². The van der Waals surface area contributed by atoms with Gasteiger partial charge in [-0.1, -0.05) is 61.5 Å². The number of benzene rings is 3. The molecule has 168 valence electrons. The average Bonchev–Trinajstić information content (AvgIpc) is 3.33. The molecule has 5 rings (SSSR count). The minimum atomic E-state index is 0.0292. The summed E-state index contributed by atoms with van der Waals surface area (Å²) in [6.45, 7) is 2.80. The second kappa shape index (κ2) is 9.15. The number of unbranched alkanes of at least 4 members (excludes halogenated alkanes) is 1. The summed E-state index contributed by atoms with van der Waals surface area (Å²) < 4.78 is 5.40. The van der Waals surface area contributed by atoms with Crippen LogP contribution in [0.4, 0.5) is 11.4 Å². The number of amidine groups is 1. The molecule has 2 aliphatic rings. The molecule has 0 radical (unpaired) electrons. The van der Waals surface area contributed by atoms with Crippen LogP contribution >= 0.6 is 23.5 Å². The minimum absolute atomic E-state index is 0.0292. The lowest BCUT2D eigenvalue weighted by molar-refractivity contribution is -0.122. The maximum atomic E-state index is 13.6. The van der Waals surface area contributed by atoms with E-state index in [1.807, 2.05) is 54.4 Å². The molecule has 0 unspecified atom stereocenters. The second-order valence-corrected chi connectivity index (χ2v) is 9.94. The Balaban J connectivity index is 1.56. The first kappa shape index (κ1) is 21.9. The lowest BCUT2D eigenvalue weighted by Gasteiger charge is -2.16. The number of carbonyl (C=O) groups excluding carboxylic acids is 1. The number of ether oxygens (including phenoxy) is 1. The van der Waals surface area contributed by atoms with Crippen LogP contribution in [0.2, 0.25) is 0 Å². The van der Waals surface area contributed by atoms with Gasteiger partial charge in [-0.2, -0.15) is 0 Å². The first-order chi connectivity index (χ1) is 16.1. The molecule has 33 heavy (non-hydrogen) atoms. The van der Waals surface area contributed by atoms with Gasteiger partial charge in [-0.25, -0.2) is 4.99 Å². The molecule has 0 bridgehead atoms. The molecule has 5 nitrogen and oxygen atoms in total. The first-order valence-corrected chi connectivity index (χ1v) is 12.6. The molecule has 3 aromatic carbocycles. The molecule has 1 amide bonds. The van der Waals surface area contributed by atoms with Gasteiger partial charge in [-0.15, -0.1) is 0 Å². The van der Waals surface area contributed by atoms with Crippen molar-refractivity contribution in [3.8, 4) is 5.75 Å². The predicted octanol–water partition coefficient (Wildman–Crippen LogP) is 6.62. The van der Waals surface area contributed by atoms with Gasteiger partial charge in [0.15, 0.2) is 5.17 Å². The number of hydrogen-bond donors (Lipinski definition) is 0.